The molecule has 2 rings (SSSR count). The number of rotatable bonds is 6. The maximum absolute atomic E-state index is 12.5. The second-order valence-corrected chi connectivity index (χ2v) is 7.39. The first-order chi connectivity index (χ1) is 13.4. The summed E-state index contributed by atoms with van der Waals surface area (Å²) < 4.78 is 40.5. The van der Waals surface area contributed by atoms with Gasteiger partial charge in [0.15, 0.2) is 0 Å². The Labute approximate surface area is 166 Å². The normalized spacial score (nSPS) is 11.5. The molecule has 0 spiro atoms. The molecule has 1 amide bonds. The molecule has 0 atom stereocenters. The number of ether oxygens (including phenoxy) is 1. The van der Waals surface area contributed by atoms with E-state index in [0.717, 1.165) is 12.1 Å². The zero-order valence-electron chi connectivity index (χ0n) is 16.1. The van der Waals surface area contributed by atoms with Crippen LogP contribution in [-0.4, -0.2) is 35.3 Å². The van der Waals surface area contributed by atoms with Gasteiger partial charge in [-0.3, -0.25) is 4.79 Å². The fourth-order valence-corrected chi connectivity index (χ4v) is 2.48. The van der Waals surface area contributed by atoms with E-state index in [1.165, 1.54) is 18.3 Å². The summed E-state index contributed by atoms with van der Waals surface area (Å²) in [5, 5.41) is 11.6. The van der Waals surface area contributed by atoms with Crippen LogP contribution in [0.4, 0.5) is 24.7 Å². The summed E-state index contributed by atoms with van der Waals surface area (Å²) in [7, 11) is 0. The number of benzene rings is 1. The number of hydrogen-bond acceptors (Lipinski definition) is 6. The van der Waals surface area contributed by atoms with Crippen LogP contribution in [0.2, 0.25) is 0 Å². The van der Waals surface area contributed by atoms with Crippen LogP contribution < -0.4 is 15.0 Å². The number of nitriles is 1. The number of alkyl halides is 3. The Hall–Kier alpha value is -3.35. The summed E-state index contributed by atoms with van der Waals surface area (Å²) in [5.41, 5.74) is 0.148. The maximum atomic E-state index is 12.5. The van der Waals surface area contributed by atoms with Gasteiger partial charge >= 0.3 is 6.36 Å². The van der Waals surface area contributed by atoms with Crippen molar-refractivity contribution in [2.24, 2.45) is 5.41 Å². The number of carbonyl (C=O) groups is 1. The molecule has 154 valence electrons. The van der Waals surface area contributed by atoms with Crippen molar-refractivity contribution in [3.63, 3.8) is 0 Å². The molecule has 0 aliphatic heterocycles. The molecule has 1 heterocycles. The average Bonchev–Trinajstić information content (AvgIpc) is 2.60. The third-order valence-electron chi connectivity index (χ3n) is 3.44. The minimum atomic E-state index is -4.78. The van der Waals surface area contributed by atoms with Crippen molar-refractivity contribution in [1.29, 1.82) is 5.26 Å². The molecule has 29 heavy (non-hydrogen) atoms. The number of carbonyl (C=O) groups excluding carboxylic acids is 1. The van der Waals surface area contributed by atoms with Gasteiger partial charge in [-0.2, -0.15) is 5.26 Å². The van der Waals surface area contributed by atoms with Crippen molar-refractivity contribution in [2.75, 3.05) is 23.3 Å². The molecular formula is C19H20F3N5O2. The Morgan fingerprint density at radius 2 is 1.86 bits per heavy atom. The van der Waals surface area contributed by atoms with Crippen LogP contribution in [0.15, 0.2) is 36.5 Å². The lowest BCUT2D eigenvalue weighted by Gasteiger charge is -2.30. The Morgan fingerprint density at radius 3 is 2.41 bits per heavy atom. The molecule has 1 aromatic carbocycles. The first-order valence-corrected chi connectivity index (χ1v) is 8.59. The first kappa shape index (κ1) is 21.9. The summed E-state index contributed by atoms with van der Waals surface area (Å²) in [6, 6.07) is 8.30. The third kappa shape index (κ3) is 7.65. The van der Waals surface area contributed by atoms with Gasteiger partial charge in [-0.15, -0.1) is 13.2 Å². The molecule has 1 N–H and O–H groups in total. The third-order valence-corrected chi connectivity index (χ3v) is 3.44. The van der Waals surface area contributed by atoms with Gasteiger partial charge in [0, 0.05) is 18.4 Å². The second kappa shape index (κ2) is 8.77. The minimum Gasteiger partial charge on any atom is -0.406 e. The number of aromatic nitrogens is 2. The molecule has 0 fully saturated rings. The molecule has 0 aliphatic rings. The van der Waals surface area contributed by atoms with Crippen molar-refractivity contribution >= 4 is 17.4 Å². The van der Waals surface area contributed by atoms with Crippen LogP contribution in [0.5, 0.6) is 5.75 Å². The lowest BCUT2D eigenvalue weighted by Crippen LogP contribution is -2.39. The van der Waals surface area contributed by atoms with Crippen LogP contribution >= 0.6 is 0 Å². The highest BCUT2D eigenvalue weighted by molar-refractivity contribution is 5.94. The van der Waals surface area contributed by atoms with E-state index < -0.39 is 12.3 Å². The molecule has 0 radical (unpaired) electrons. The van der Waals surface area contributed by atoms with Crippen LogP contribution in [0.25, 0.3) is 0 Å². The van der Waals surface area contributed by atoms with Gasteiger partial charge in [0.1, 0.15) is 17.6 Å². The Morgan fingerprint density at radius 1 is 1.21 bits per heavy atom. The van der Waals surface area contributed by atoms with Gasteiger partial charge < -0.3 is 15.0 Å². The van der Waals surface area contributed by atoms with Gasteiger partial charge in [-0.05, 0) is 35.7 Å². The van der Waals surface area contributed by atoms with Crippen LogP contribution in [0, 0.1) is 16.7 Å². The van der Waals surface area contributed by atoms with E-state index in [9.17, 15) is 18.0 Å². The van der Waals surface area contributed by atoms with E-state index in [1.54, 1.807) is 11.0 Å². The standard InChI is InChI=1S/C19H20F3N5O2/c1-18(2,3)12-27(16-8-9-24-15(10-23)26-16)11-17(28)25-13-4-6-14(7-5-13)29-19(20,21)22/h4-9H,11-12H2,1-3H3,(H,25,28). The molecule has 1 aromatic heterocycles. The van der Waals surface area contributed by atoms with Crippen molar-refractivity contribution < 1.29 is 22.7 Å². The Kier molecular flexibility index (Phi) is 6.64. The Balaban J connectivity index is 2.10. The molecule has 0 bridgehead atoms. The number of halogens is 3. The molecule has 0 unspecified atom stereocenters. The topological polar surface area (TPSA) is 91.1 Å². The van der Waals surface area contributed by atoms with Crippen LogP contribution in [0.1, 0.15) is 26.6 Å². The van der Waals surface area contributed by atoms with Gasteiger partial charge in [0.05, 0.1) is 6.54 Å². The quantitative estimate of drug-likeness (QED) is 0.785. The zero-order valence-corrected chi connectivity index (χ0v) is 16.1. The van der Waals surface area contributed by atoms with Crippen LogP contribution in [-0.2, 0) is 4.79 Å². The highest BCUT2D eigenvalue weighted by atomic mass is 19.4. The number of amides is 1. The average molecular weight is 407 g/mol. The number of anilines is 2. The Bertz CT molecular complexity index is 886. The van der Waals surface area contributed by atoms with E-state index in [0.29, 0.717) is 18.1 Å². The molecule has 10 heteroatoms. The maximum Gasteiger partial charge on any atom is 0.573 e. The number of nitrogens with one attached hydrogen (secondary N) is 1. The summed E-state index contributed by atoms with van der Waals surface area (Å²) in [4.78, 5) is 22.1. The lowest BCUT2D eigenvalue weighted by molar-refractivity contribution is -0.274. The fourth-order valence-electron chi connectivity index (χ4n) is 2.48. The van der Waals surface area contributed by atoms with Gasteiger partial charge in [-0.25, -0.2) is 9.97 Å². The SMILES string of the molecule is CC(C)(C)CN(CC(=O)Nc1ccc(OC(F)(F)F)cc1)c1ccnc(C#N)n1. The number of hydrogen-bond donors (Lipinski definition) is 1. The van der Waals surface area contributed by atoms with Crippen molar-refractivity contribution in [2.45, 2.75) is 27.1 Å². The molecule has 7 nitrogen and oxygen atoms in total. The summed E-state index contributed by atoms with van der Waals surface area (Å²) in [5.74, 6) is -0.358. The molecule has 0 saturated heterocycles. The smallest absolute Gasteiger partial charge is 0.406 e. The van der Waals surface area contributed by atoms with Gasteiger partial charge in [-0.1, -0.05) is 20.8 Å². The molecular weight excluding hydrogens is 387 g/mol. The summed E-state index contributed by atoms with van der Waals surface area (Å²) in [6.07, 6.45) is -3.34. The number of nitrogens with zero attached hydrogens (tertiary/aromatic N) is 4. The van der Waals surface area contributed by atoms with E-state index in [1.807, 2.05) is 26.8 Å². The van der Waals surface area contributed by atoms with Crippen LogP contribution in [0.3, 0.4) is 0 Å². The van der Waals surface area contributed by atoms with Gasteiger partial charge in [0.2, 0.25) is 11.7 Å². The van der Waals surface area contributed by atoms with E-state index in [2.05, 4.69) is 20.0 Å². The highest BCUT2D eigenvalue weighted by Gasteiger charge is 2.31. The molecule has 0 saturated carbocycles. The highest BCUT2D eigenvalue weighted by Crippen LogP contribution is 2.24. The van der Waals surface area contributed by atoms with E-state index >= 15 is 0 Å². The van der Waals surface area contributed by atoms with Crippen molar-refractivity contribution in [1.82, 2.24) is 9.97 Å². The summed E-state index contributed by atoms with van der Waals surface area (Å²) in [6.45, 7) is 6.37. The van der Waals surface area contributed by atoms with E-state index in [4.69, 9.17) is 5.26 Å². The van der Waals surface area contributed by atoms with Gasteiger partial charge in [0.25, 0.3) is 0 Å². The van der Waals surface area contributed by atoms with E-state index in [-0.39, 0.29) is 23.5 Å². The summed E-state index contributed by atoms with van der Waals surface area (Å²) >= 11 is 0. The molecule has 0 aliphatic carbocycles. The predicted octanol–water partition coefficient (Wildman–Crippen LogP) is 3.74. The fraction of sp³-hybridized carbons (Fsp3) is 0.368. The monoisotopic (exact) mass is 407 g/mol. The first-order valence-electron chi connectivity index (χ1n) is 8.59. The van der Waals surface area contributed by atoms with Crippen molar-refractivity contribution in [3.8, 4) is 11.8 Å². The zero-order chi connectivity index (χ0) is 21.7. The van der Waals surface area contributed by atoms with Crippen molar-refractivity contribution in [3.05, 3.63) is 42.4 Å². The largest absolute Gasteiger partial charge is 0.573 e. The minimum absolute atomic E-state index is 0.0120. The predicted molar refractivity (Wildman–Crippen MR) is 100 cm³/mol. The molecule has 2 aromatic rings. The second-order valence-electron chi connectivity index (χ2n) is 7.39. The lowest BCUT2D eigenvalue weighted by atomic mass is 9.96.